The van der Waals surface area contributed by atoms with Gasteiger partial charge in [0.1, 0.15) is 0 Å². The molecule has 3 aliphatic carbocycles. The molecule has 0 fully saturated rings. The Morgan fingerprint density at radius 2 is 0.636 bits per heavy atom. The molecule has 2 aromatic heterocycles. The van der Waals surface area contributed by atoms with Crippen LogP contribution in [0.25, 0.3) is 116 Å². The fourth-order valence-electron chi connectivity index (χ4n) is 17.9. The molecule has 4 heteroatoms. The van der Waals surface area contributed by atoms with Crippen molar-refractivity contribution in [1.29, 1.82) is 0 Å². The van der Waals surface area contributed by atoms with Gasteiger partial charge in [0, 0.05) is 88.3 Å². The number of H-pyrrole nitrogens is 1. The SMILES string of the molecule is CC1(C)c2ccccc2-c2ccc(N(c3ccc4c(c3)C(C)(C)c3ccccc3-4)c3ccc4[nH]c5ccccc5c4c3)cc21.CC1(C)c2ccccc2-c2ccc(N(c3cccc(-c4ccccc4)c3)c3ccc(-c4ccc5c(c4)c4ccccc4n5-c4ccccc4)c4ccccc34)cc21.c1ccccc1. The molecule has 107 heavy (non-hydrogen) atoms. The smallest absolute Gasteiger partial charge is 0.0541 e. The first kappa shape index (κ1) is 64.8. The van der Waals surface area contributed by atoms with Crippen LogP contribution in [0.3, 0.4) is 0 Å². The number of benzene rings is 16. The van der Waals surface area contributed by atoms with Crippen LogP contribution in [0.1, 0.15) is 74.9 Å². The highest BCUT2D eigenvalue weighted by molar-refractivity contribution is 6.13. The zero-order valence-corrected chi connectivity index (χ0v) is 61.1. The van der Waals surface area contributed by atoms with Gasteiger partial charge < -0.3 is 19.4 Å². The van der Waals surface area contributed by atoms with Gasteiger partial charge in [0.05, 0.1) is 16.7 Å². The van der Waals surface area contributed by atoms with Crippen LogP contribution in [0.5, 0.6) is 0 Å². The molecule has 3 aliphatic rings. The van der Waals surface area contributed by atoms with Crippen molar-refractivity contribution < 1.29 is 0 Å². The molecule has 0 atom stereocenters. The summed E-state index contributed by atoms with van der Waals surface area (Å²) in [5, 5.41) is 7.42. The Labute approximate surface area is 626 Å². The summed E-state index contributed by atoms with van der Waals surface area (Å²) < 4.78 is 2.38. The molecule has 2 heterocycles. The van der Waals surface area contributed by atoms with Gasteiger partial charge in [-0.1, -0.05) is 302 Å². The summed E-state index contributed by atoms with van der Waals surface area (Å²) in [4.78, 5) is 8.54. The lowest BCUT2D eigenvalue weighted by atomic mass is 9.82. The van der Waals surface area contributed by atoms with E-state index in [1.807, 2.05) is 36.4 Å². The largest absolute Gasteiger partial charge is 0.355 e. The van der Waals surface area contributed by atoms with Crippen molar-refractivity contribution in [3.63, 3.8) is 0 Å². The van der Waals surface area contributed by atoms with Crippen molar-refractivity contribution in [3.05, 3.63) is 403 Å². The number of hydrogen-bond donors (Lipinski definition) is 1. The summed E-state index contributed by atoms with van der Waals surface area (Å²) >= 11 is 0. The third-order valence-electron chi connectivity index (χ3n) is 23.2. The predicted molar refractivity (Wildman–Crippen MR) is 453 cm³/mol. The van der Waals surface area contributed by atoms with E-state index in [0.29, 0.717) is 0 Å². The standard InChI is InChI=1S/C55H40N2.C42H34N2.C6H6/c1-55(2)50-26-13-11-23-45(50)46-30-29-42(36-51(46)55)56(41-21-15-18-38(34-41)37-16-5-3-6-17-37)53-33-31-43(44-22-9-10-24-47(44)53)39-28-32-54-49(35-39)48-25-12-14-27-52(48)57(54)40-19-7-4-8-20-40;1-41(2)35-14-8-5-11-29(35)31-20-17-27(24-37(31)41)44(26-19-22-40-34(23-26)33-13-7-10-16-39(33)43-40)28-18-21-32-30-12-6-9-15-36(30)42(3,4)38(32)25-28;1-2-4-6-5-3-1/h3-36H,1-2H3;5-25,43H,1-4H3;1-6H. The van der Waals surface area contributed by atoms with Crippen LogP contribution in [-0.2, 0) is 16.2 Å². The third kappa shape index (κ3) is 10.8. The minimum atomic E-state index is -0.117. The summed E-state index contributed by atoms with van der Waals surface area (Å²) in [6.45, 7) is 14.2. The third-order valence-corrected chi connectivity index (χ3v) is 23.2. The minimum Gasteiger partial charge on any atom is -0.355 e. The van der Waals surface area contributed by atoms with E-state index < -0.39 is 0 Å². The highest BCUT2D eigenvalue weighted by Gasteiger charge is 2.39. The average Bonchev–Trinajstić information content (AvgIpc) is 1.65. The molecule has 1 N–H and O–H groups in total. The Balaban J connectivity index is 0.000000139. The van der Waals surface area contributed by atoms with Gasteiger partial charge in [0.25, 0.3) is 0 Å². The van der Waals surface area contributed by atoms with Gasteiger partial charge in [-0.05, 0) is 204 Å². The van der Waals surface area contributed by atoms with E-state index in [9.17, 15) is 0 Å². The van der Waals surface area contributed by atoms with E-state index in [4.69, 9.17) is 0 Å². The fraction of sp³-hybridized carbons (Fsp3) is 0.0874. The van der Waals surface area contributed by atoms with Crippen molar-refractivity contribution in [2.24, 2.45) is 0 Å². The highest BCUT2D eigenvalue weighted by Crippen LogP contribution is 2.55. The van der Waals surface area contributed by atoms with Crippen LogP contribution in [0, 0.1) is 0 Å². The van der Waals surface area contributed by atoms with Crippen molar-refractivity contribution >= 4 is 88.5 Å². The Kier molecular flexibility index (Phi) is 15.6. The maximum Gasteiger partial charge on any atom is 0.0541 e. The maximum absolute atomic E-state index is 3.61. The first-order valence-electron chi connectivity index (χ1n) is 37.5. The molecule has 16 aromatic carbocycles. The van der Waals surface area contributed by atoms with E-state index in [0.717, 1.165) is 28.3 Å². The van der Waals surface area contributed by atoms with Gasteiger partial charge in [-0.3, -0.25) is 0 Å². The van der Waals surface area contributed by atoms with Crippen LogP contribution < -0.4 is 9.80 Å². The number of anilines is 6. The molecule has 0 amide bonds. The maximum atomic E-state index is 3.61. The number of rotatable bonds is 9. The zero-order valence-electron chi connectivity index (χ0n) is 61.1. The quantitative estimate of drug-likeness (QED) is 0.156. The summed E-state index contributed by atoms with van der Waals surface area (Å²) in [6.07, 6.45) is 0. The predicted octanol–water partition coefficient (Wildman–Crippen LogP) is 28.1. The van der Waals surface area contributed by atoms with Crippen molar-refractivity contribution in [1.82, 2.24) is 9.55 Å². The molecule has 0 saturated carbocycles. The number of hydrogen-bond acceptors (Lipinski definition) is 2. The van der Waals surface area contributed by atoms with Crippen molar-refractivity contribution in [3.8, 4) is 61.3 Å². The van der Waals surface area contributed by atoms with Gasteiger partial charge >= 0.3 is 0 Å². The average molecular weight is 1370 g/mol. The van der Waals surface area contributed by atoms with E-state index in [1.165, 1.54) is 155 Å². The number of aromatic nitrogens is 2. The summed E-state index contributed by atoms with van der Waals surface area (Å²) in [6, 6.07) is 135. The van der Waals surface area contributed by atoms with Gasteiger partial charge in [-0.25, -0.2) is 0 Å². The summed E-state index contributed by atoms with van der Waals surface area (Å²) in [5.41, 5.74) is 33.7. The molecular weight excluding hydrogens is 1290 g/mol. The van der Waals surface area contributed by atoms with E-state index in [2.05, 4.69) is 395 Å². The van der Waals surface area contributed by atoms with E-state index in [1.54, 1.807) is 0 Å². The molecular formula is C103H80N4. The number of para-hydroxylation sites is 3. The lowest BCUT2D eigenvalue weighted by molar-refractivity contribution is 0.660. The fourth-order valence-corrected chi connectivity index (χ4v) is 17.9. The second-order valence-corrected chi connectivity index (χ2v) is 30.4. The topological polar surface area (TPSA) is 27.2 Å². The lowest BCUT2D eigenvalue weighted by Crippen LogP contribution is -2.18. The van der Waals surface area contributed by atoms with Gasteiger partial charge in [-0.2, -0.15) is 0 Å². The number of nitrogens with one attached hydrogen (secondary N) is 1. The van der Waals surface area contributed by atoms with E-state index in [-0.39, 0.29) is 16.2 Å². The van der Waals surface area contributed by atoms with Crippen LogP contribution in [0.15, 0.2) is 370 Å². The molecule has 0 bridgehead atoms. The summed E-state index contributed by atoms with van der Waals surface area (Å²) in [7, 11) is 0. The molecule has 4 nitrogen and oxygen atoms in total. The van der Waals surface area contributed by atoms with Crippen LogP contribution in [-0.4, -0.2) is 9.55 Å². The second-order valence-electron chi connectivity index (χ2n) is 30.4. The number of fused-ring (bicyclic) bond motifs is 16. The molecule has 0 aliphatic heterocycles. The number of nitrogens with zero attached hydrogens (tertiary/aromatic N) is 3. The minimum absolute atomic E-state index is 0.0734. The van der Waals surface area contributed by atoms with Gasteiger partial charge in [-0.15, -0.1) is 0 Å². The van der Waals surface area contributed by atoms with Crippen LogP contribution >= 0.6 is 0 Å². The van der Waals surface area contributed by atoms with Gasteiger partial charge in [0.15, 0.2) is 0 Å². The molecule has 0 saturated heterocycles. The second kappa shape index (κ2) is 25.7. The van der Waals surface area contributed by atoms with E-state index >= 15 is 0 Å². The van der Waals surface area contributed by atoms with Crippen LogP contribution in [0.2, 0.25) is 0 Å². The molecule has 512 valence electrons. The Morgan fingerprint density at radius 3 is 1.22 bits per heavy atom. The van der Waals surface area contributed by atoms with Crippen LogP contribution in [0.4, 0.5) is 34.1 Å². The molecule has 0 radical (unpaired) electrons. The van der Waals surface area contributed by atoms with Crippen molar-refractivity contribution in [2.45, 2.75) is 57.8 Å². The highest BCUT2D eigenvalue weighted by atomic mass is 15.2. The molecule has 18 aromatic rings. The Bertz CT molecular complexity index is 6350. The normalized spacial score (nSPS) is 13.6. The first-order valence-corrected chi connectivity index (χ1v) is 37.5. The Morgan fingerprint density at radius 1 is 0.224 bits per heavy atom. The molecule has 0 unspecified atom stereocenters. The lowest BCUT2D eigenvalue weighted by Gasteiger charge is -2.30. The molecule has 21 rings (SSSR count). The number of aromatic amines is 1. The Hall–Kier alpha value is -13.0. The first-order chi connectivity index (χ1) is 52.4. The molecule has 0 spiro atoms. The summed E-state index contributed by atoms with van der Waals surface area (Å²) in [5.74, 6) is 0. The zero-order chi connectivity index (χ0) is 72.1. The van der Waals surface area contributed by atoms with Crippen molar-refractivity contribution in [2.75, 3.05) is 9.80 Å². The van der Waals surface area contributed by atoms with Gasteiger partial charge in [0.2, 0.25) is 0 Å². The monoisotopic (exact) mass is 1370 g/mol.